The molecule has 2 atom stereocenters. The highest BCUT2D eigenvalue weighted by atomic mass is 16.2. The van der Waals surface area contributed by atoms with Crippen LogP contribution in [0.3, 0.4) is 0 Å². The van der Waals surface area contributed by atoms with Crippen molar-refractivity contribution < 1.29 is 4.79 Å². The second-order valence-electron chi connectivity index (χ2n) is 7.74. The second kappa shape index (κ2) is 6.56. The van der Waals surface area contributed by atoms with Crippen LogP contribution in [0.5, 0.6) is 0 Å². The Bertz CT molecular complexity index is 844. The molecule has 0 radical (unpaired) electrons. The van der Waals surface area contributed by atoms with Gasteiger partial charge in [-0.25, -0.2) is 4.98 Å². The molecule has 2 fully saturated rings. The lowest BCUT2D eigenvalue weighted by molar-refractivity contribution is 0.0784. The maximum absolute atomic E-state index is 12.9. The molecule has 1 aliphatic heterocycles. The third kappa shape index (κ3) is 3.10. The quantitative estimate of drug-likeness (QED) is 0.919. The van der Waals surface area contributed by atoms with E-state index in [1.165, 1.54) is 12.8 Å². The zero-order chi connectivity index (χ0) is 18.3. The van der Waals surface area contributed by atoms with Crippen molar-refractivity contribution in [2.24, 2.45) is 11.8 Å². The lowest BCUT2D eigenvalue weighted by Crippen LogP contribution is -2.29. The Hall–Kier alpha value is -2.68. The average Bonchev–Trinajstić information content (AvgIpc) is 3.21. The second-order valence-corrected chi connectivity index (χ2v) is 7.74. The van der Waals surface area contributed by atoms with Gasteiger partial charge in [-0.05, 0) is 48.9 Å². The Balaban J connectivity index is 1.55. The molecular formula is C20H23N5O. The molecule has 6 nitrogen and oxygen atoms in total. The summed E-state index contributed by atoms with van der Waals surface area (Å²) in [6, 6.07) is 8.97. The van der Waals surface area contributed by atoms with Gasteiger partial charge in [0.1, 0.15) is 5.82 Å². The highest BCUT2D eigenvalue weighted by Crippen LogP contribution is 2.47. The van der Waals surface area contributed by atoms with Crippen LogP contribution in [-0.2, 0) is 0 Å². The maximum atomic E-state index is 12.9. The van der Waals surface area contributed by atoms with E-state index in [0.29, 0.717) is 29.5 Å². The Morgan fingerprint density at radius 2 is 2.00 bits per heavy atom. The Labute approximate surface area is 153 Å². The number of H-pyrrole nitrogens is 1. The first-order chi connectivity index (χ1) is 12.6. The SMILES string of the molecule is CC(C)c1n[nH]c([C@H]2CN(C(=O)c3ccc(C#N)cc3)C[C@@H]2C2CC2)n1. The molecule has 4 rings (SSSR count). The fourth-order valence-electron chi connectivity index (χ4n) is 3.87. The van der Waals surface area contributed by atoms with Gasteiger partial charge in [0.2, 0.25) is 0 Å². The Morgan fingerprint density at radius 1 is 1.27 bits per heavy atom. The van der Waals surface area contributed by atoms with Crippen molar-refractivity contribution in [2.75, 3.05) is 13.1 Å². The third-order valence-electron chi connectivity index (χ3n) is 5.53. The molecule has 1 amide bonds. The van der Waals surface area contributed by atoms with Gasteiger partial charge in [0.05, 0.1) is 11.6 Å². The summed E-state index contributed by atoms with van der Waals surface area (Å²) in [5.74, 6) is 3.44. The van der Waals surface area contributed by atoms with Gasteiger partial charge in [-0.1, -0.05) is 13.8 Å². The van der Waals surface area contributed by atoms with E-state index in [2.05, 4.69) is 30.1 Å². The minimum absolute atomic E-state index is 0.0336. The summed E-state index contributed by atoms with van der Waals surface area (Å²) in [4.78, 5) is 19.6. The summed E-state index contributed by atoms with van der Waals surface area (Å²) in [6.07, 6.45) is 2.48. The number of hydrogen-bond acceptors (Lipinski definition) is 4. The highest BCUT2D eigenvalue weighted by Gasteiger charge is 2.45. The van der Waals surface area contributed by atoms with Gasteiger partial charge in [-0.15, -0.1) is 0 Å². The van der Waals surface area contributed by atoms with E-state index in [1.807, 2.05) is 4.90 Å². The average molecular weight is 349 g/mol. The smallest absolute Gasteiger partial charge is 0.253 e. The number of aromatic nitrogens is 3. The van der Waals surface area contributed by atoms with Gasteiger partial charge in [0, 0.05) is 30.5 Å². The minimum atomic E-state index is 0.0336. The number of carbonyl (C=O) groups excluding carboxylic acids is 1. The molecule has 1 saturated carbocycles. The van der Waals surface area contributed by atoms with Crippen molar-refractivity contribution in [2.45, 2.75) is 38.5 Å². The molecule has 2 aliphatic rings. The van der Waals surface area contributed by atoms with Crippen LogP contribution in [0.25, 0.3) is 0 Å². The van der Waals surface area contributed by atoms with Gasteiger partial charge < -0.3 is 4.90 Å². The van der Waals surface area contributed by atoms with E-state index >= 15 is 0 Å². The van der Waals surface area contributed by atoms with Crippen LogP contribution in [0.15, 0.2) is 24.3 Å². The number of likely N-dealkylation sites (tertiary alicyclic amines) is 1. The van der Waals surface area contributed by atoms with Crippen LogP contribution < -0.4 is 0 Å². The van der Waals surface area contributed by atoms with Crippen LogP contribution in [0.1, 0.15) is 66.1 Å². The standard InChI is InChI=1S/C20H23N5O/c1-12(2)18-22-19(24-23-18)17-11-25(10-16(17)14-7-8-14)20(26)15-5-3-13(9-21)4-6-15/h3-6,12,14,16-17H,7-8,10-11H2,1-2H3,(H,22,23,24)/t16-,17+/m1/s1. The molecule has 2 aromatic rings. The third-order valence-corrected chi connectivity index (χ3v) is 5.53. The number of hydrogen-bond donors (Lipinski definition) is 1. The zero-order valence-electron chi connectivity index (χ0n) is 15.1. The van der Waals surface area contributed by atoms with Gasteiger partial charge in [0.25, 0.3) is 5.91 Å². The van der Waals surface area contributed by atoms with E-state index < -0.39 is 0 Å². The molecule has 0 bridgehead atoms. The van der Waals surface area contributed by atoms with Crippen molar-refractivity contribution >= 4 is 5.91 Å². The van der Waals surface area contributed by atoms with Gasteiger partial charge in [-0.3, -0.25) is 9.89 Å². The molecule has 26 heavy (non-hydrogen) atoms. The number of nitrogens with zero attached hydrogens (tertiary/aromatic N) is 4. The van der Waals surface area contributed by atoms with Crippen LogP contribution in [-0.4, -0.2) is 39.1 Å². The Kier molecular flexibility index (Phi) is 4.23. The first-order valence-corrected chi connectivity index (χ1v) is 9.28. The fourth-order valence-corrected chi connectivity index (χ4v) is 3.87. The van der Waals surface area contributed by atoms with Crippen molar-refractivity contribution in [1.29, 1.82) is 5.26 Å². The Morgan fingerprint density at radius 3 is 2.58 bits per heavy atom. The van der Waals surface area contributed by atoms with E-state index in [1.54, 1.807) is 24.3 Å². The molecule has 1 aromatic heterocycles. The molecule has 1 aromatic carbocycles. The molecular weight excluding hydrogens is 326 g/mol. The molecule has 6 heteroatoms. The van der Waals surface area contributed by atoms with Gasteiger partial charge >= 0.3 is 0 Å². The van der Waals surface area contributed by atoms with Crippen molar-refractivity contribution in [3.8, 4) is 6.07 Å². The summed E-state index contributed by atoms with van der Waals surface area (Å²) in [5.41, 5.74) is 1.21. The monoisotopic (exact) mass is 349 g/mol. The van der Waals surface area contributed by atoms with Gasteiger partial charge in [-0.2, -0.15) is 10.4 Å². The number of carbonyl (C=O) groups is 1. The van der Waals surface area contributed by atoms with E-state index in [9.17, 15) is 4.79 Å². The number of nitriles is 1. The van der Waals surface area contributed by atoms with E-state index in [4.69, 9.17) is 10.2 Å². The number of aromatic amines is 1. The van der Waals surface area contributed by atoms with E-state index in [0.717, 1.165) is 18.2 Å². The number of nitrogens with one attached hydrogen (secondary N) is 1. The topological polar surface area (TPSA) is 85.7 Å². The summed E-state index contributed by atoms with van der Waals surface area (Å²) < 4.78 is 0. The molecule has 2 heterocycles. The first kappa shape index (κ1) is 16.8. The highest BCUT2D eigenvalue weighted by molar-refractivity contribution is 5.94. The first-order valence-electron chi connectivity index (χ1n) is 9.28. The zero-order valence-corrected chi connectivity index (χ0v) is 15.1. The normalized spacial score (nSPS) is 22.6. The molecule has 1 saturated heterocycles. The maximum Gasteiger partial charge on any atom is 0.253 e. The predicted molar refractivity (Wildman–Crippen MR) is 96.5 cm³/mol. The molecule has 1 aliphatic carbocycles. The van der Waals surface area contributed by atoms with Crippen molar-refractivity contribution in [1.82, 2.24) is 20.1 Å². The molecule has 134 valence electrons. The summed E-state index contributed by atoms with van der Waals surface area (Å²) in [5, 5.41) is 16.4. The largest absolute Gasteiger partial charge is 0.338 e. The number of amides is 1. The molecule has 1 N–H and O–H groups in total. The lowest BCUT2D eigenvalue weighted by atomic mass is 9.91. The summed E-state index contributed by atoms with van der Waals surface area (Å²) >= 11 is 0. The molecule has 0 unspecified atom stereocenters. The minimum Gasteiger partial charge on any atom is -0.338 e. The van der Waals surface area contributed by atoms with Crippen LogP contribution in [0.4, 0.5) is 0 Å². The summed E-state index contributed by atoms with van der Waals surface area (Å²) in [7, 11) is 0. The van der Waals surface area contributed by atoms with Crippen LogP contribution in [0, 0.1) is 23.2 Å². The summed E-state index contributed by atoms with van der Waals surface area (Å²) in [6.45, 7) is 5.61. The fraction of sp³-hybridized carbons (Fsp3) is 0.500. The van der Waals surface area contributed by atoms with Crippen molar-refractivity contribution in [3.05, 3.63) is 47.0 Å². The molecule has 0 spiro atoms. The predicted octanol–water partition coefficient (Wildman–Crippen LogP) is 3.07. The van der Waals surface area contributed by atoms with Crippen LogP contribution >= 0.6 is 0 Å². The number of benzene rings is 1. The van der Waals surface area contributed by atoms with Crippen LogP contribution in [0.2, 0.25) is 0 Å². The lowest BCUT2D eigenvalue weighted by Gasteiger charge is -2.16. The van der Waals surface area contributed by atoms with Crippen molar-refractivity contribution in [3.63, 3.8) is 0 Å². The number of rotatable bonds is 4. The van der Waals surface area contributed by atoms with Gasteiger partial charge in [0.15, 0.2) is 5.82 Å². The van der Waals surface area contributed by atoms with E-state index in [-0.39, 0.29) is 17.7 Å².